The number of carbonyl (C=O) groups excluding carboxylic acids is 3. The number of halogens is 1. The van der Waals surface area contributed by atoms with Gasteiger partial charge in [-0.15, -0.1) is 0 Å². The smallest absolute Gasteiger partial charge is 0.409 e. The van der Waals surface area contributed by atoms with E-state index < -0.39 is 53.7 Å². The number of methoxy groups -OCH3 is 2. The van der Waals surface area contributed by atoms with E-state index in [1.807, 2.05) is 26.0 Å². The Morgan fingerprint density at radius 2 is 2.00 bits per heavy atom. The second-order valence-electron chi connectivity index (χ2n) is 12.4. The molecule has 0 spiro atoms. The van der Waals surface area contributed by atoms with Crippen molar-refractivity contribution in [2.75, 3.05) is 45.1 Å². The van der Waals surface area contributed by atoms with Crippen LogP contribution in [-0.2, 0) is 39.7 Å². The Balaban J connectivity index is 1.74. The van der Waals surface area contributed by atoms with E-state index in [2.05, 4.69) is 17.9 Å². The highest BCUT2D eigenvalue weighted by Crippen LogP contribution is 2.49. The van der Waals surface area contributed by atoms with Crippen molar-refractivity contribution < 1.29 is 47.9 Å². The Kier molecular flexibility index (Phi) is 12.3. The van der Waals surface area contributed by atoms with E-state index in [9.17, 15) is 19.5 Å². The number of carbonyl (C=O) groups is 3. The number of nitrogens with zero attached hydrogens (tertiary/aromatic N) is 1. The van der Waals surface area contributed by atoms with Gasteiger partial charge < -0.3 is 38.4 Å². The van der Waals surface area contributed by atoms with Gasteiger partial charge in [-0.25, -0.2) is 4.79 Å². The van der Waals surface area contributed by atoms with Gasteiger partial charge in [-0.2, -0.15) is 12.6 Å². The van der Waals surface area contributed by atoms with Gasteiger partial charge in [-0.3, -0.25) is 14.9 Å². The quantitative estimate of drug-likeness (QED) is 0.158. The van der Waals surface area contributed by atoms with Crippen LogP contribution in [-0.4, -0.2) is 99.1 Å². The van der Waals surface area contributed by atoms with Crippen LogP contribution in [0, 0.1) is 5.92 Å². The molecule has 0 radical (unpaired) electrons. The van der Waals surface area contributed by atoms with Gasteiger partial charge in [0, 0.05) is 32.2 Å². The van der Waals surface area contributed by atoms with Crippen LogP contribution in [0.15, 0.2) is 35.9 Å². The Morgan fingerprint density at radius 1 is 1.26 bits per heavy atom. The molecule has 2 amide bonds. The summed E-state index contributed by atoms with van der Waals surface area (Å²) in [4.78, 5) is 41.0. The molecule has 2 fully saturated rings. The molecule has 3 aliphatic rings. The number of allylic oxidation sites excluding steroid dienone is 3. The van der Waals surface area contributed by atoms with Crippen molar-refractivity contribution in [3.8, 4) is 5.75 Å². The average Bonchev–Trinajstić information content (AvgIpc) is 3.72. The highest BCUT2D eigenvalue weighted by Gasteiger charge is 2.64. The number of epoxide rings is 1. The molecule has 260 valence electrons. The summed E-state index contributed by atoms with van der Waals surface area (Å²) in [6, 6.07) is 3.62. The summed E-state index contributed by atoms with van der Waals surface area (Å²) in [7, 11) is 4.54. The van der Waals surface area contributed by atoms with E-state index in [-0.39, 0.29) is 36.8 Å². The Morgan fingerprint density at radius 3 is 2.68 bits per heavy atom. The van der Waals surface area contributed by atoms with Gasteiger partial charge in [0.25, 0.3) is 0 Å². The fourth-order valence-electron chi connectivity index (χ4n) is 6.15. The monoisotopic (exact) mass is 696 g/mol. The predicted octanol–water partition coefficient (Wildman–Crippen LogP) is 4.00. The lowest BCUT2D eigenvalue weighted by atomic mass is 9.83. The van der Waals surface area contributed by atoms with E-state index in [1.165, 1.54) is 19.1 Å². The van der Waals surface area contributed by atoms with Gasteiger partial charge in [-0.05, 0) is 38.0 Å². The highest BCUT2D eigenvalue weighted by atomic mass is 35.5. The number of esters is 1. The molecule has 12 nitrogen and oxygen atoms in total. The molecule has 0 aliphatic carbocycles. The molecular formula is C33H45ClN2O10S. The third kappa shape index (κ3) is 8.62. The van der Waals surface area contributed by atoms with Crippen molar-refractivity contribution in [2.45, 2.75) is 82.2 Å². The SMILES string of the molecule is COc1cc2cc(c1Cl)N(C)C(=O)C[C@H](OC(=O)CCOCCS)[C@]1(C)O[C@H]1[C@H](C)[C@@H]1C[C@@](O)(NC(=O)O1)[C@H](OC)/C=C/C=C(\C)C2. The van der Waals surface area contributed by atoms with E-state index in [1.54, 1.807) is 32.2 Å². The first kappa shape index (κ1) is 37.0. The molecule has 0 unspecified atom stereocenters. The summed E-state index contributed by atoms with van der Waals surface area (Å²) in [5.74, 6) is -0.504. The first-order chi connectivity index (χ1) is 22.3. The average molecular weight is 697 g/mol. The summed E-state index contributed by atoms with van der Waals surface area (Å²) in [6.45, 7) is 6.01. The molecule has 14 heteroatoms. The minimum absolute atomic E-state index is 0.0138. The Bertz CT molecular complexity index is 1390. The maximum Gasteiger partial charge on any atom is 0.409 e. The molecule has 47 heavy (non-hydrogen) atoms. The largest absolute Gasteiger partial charge is 0.495 e. The standard InChI is InChI=1S/C33H45ClN2O10S/c1-19-8-7-9-25(42-6)33(40)18-24(44-31(39)35-33)20(2)30-32(3,46-30)26(45-28(38)10-11-43-12-13-47)17-27(37)36(4)22-15-21(14-19)16-23(41-5)29(22)34/h7-9,15-16,20,24-26,30,40,47H,10-14,17-18H2,1-6H3,(H,35,39)/b9-7+,19-8+/t20-,24+,25-,26+,30+,32+,33+/m1/s1. The van der Waals surface area contributed by atoms with Gasteiger partial charge in [0.15, 0.2) is 5.72 Å². The number of benzene rings is 1. The summed E-state index contributed by atoms with van der Waals surface area (Å²) < 4.78 is 34.3. The maximum absolute atomic E-state index is 13.9. The lowest BCUT2D eigenvalue weighted by molar-refractivity contribution is -0.155. The number of aliphatic hydroxyl groups is 1. The molecule has 3 heterocycles. The van der Waals surface area contributed by atoms with Crippen LogP contribution >= 0.6 is 24.2 Å². The molecule has 3 aliphatic heterocycles. The van der Waals surface area contributed by atoms with Crippen molar-refractivity contribution in [3.05, 3.63) is 46.5 Å². The van der Waals surface area contributed by atoms with Gasteiger partial charge in [-0.1, -0.05) is 42.3 Å². The second kappa shape index (κ2) is 15.6. The van der Waals surface area contributed by atoms with Crippen molar-refractivity contribution >= 4 is 47.9 Å². The van der Waals surface area contributed by atoms with E-state index in [4.69, 9.17) is 40.0 Å². The van der Waals surface area contributed by atoms with Crippen molar-refractivity contribution in [2.24, 2.45) is 5.92 Å². The van der Waals surface area contributed by atoms with Crippen molar-refractivity contribution in [1.29, 1.82) is 0 Å². The molecular weight excluding hydrogens is 652 g/mol. The third-order valence-corrected chi connectivity index (χ3v) is 9.47. The lowest BCUT2D eigenvalue weighted by Gasteiger charge is -2.42. The highest BCUT2D eigenvalue weighted by molar-refractivity contribution is 7.80. The zero-order chi connectivity index (χ0) is 34.5. The zero-order valence-corrected chi connectivity index (χ0v) is 29.3. The minimum Gasteiger partial charge on any atom is -0.495 e. The summed E-state index contributed by atoms with van der Waals surface area (Å²) in [6.07, 6.45) is 1.39. The number of thiol groups is 1. The normalized spacial score (nSPS) is 33.1. The Labute approximate surface area is 286 Å². The van der Waals surface area contributed by atoms with Crippen LogP contribution in [0.25, 0.3) is 0 Å². The molecule has 7 atom stereocenters. The molecule has 4 bridgehead atoms. The van der Waals surface area contributed by atoms with Crippen LogP contribution in [0.3, 0.4) is 0 Å². The van der Waals surface area contributed by atoms with Gasteiger partial charge >= 0.3 is 12.1 Å². The fourth-order valence-corrected chi connectivity index (χ4v) is 6.59. The number of fused-ring (bicyclic) bond motifs is 5. The number of hydrogen-bond acceptors (Lipinski definition) is 11. The van der Waals surface area contributed by atoms with Gasteiger partial charge in [0.2, 0.25) is 5.91 Å². The molecule has 1 aromatic carbocycles. The molecule has 2 N–H and O–H groups in total. The summed E-state index contributed by atoms with van der Waals surface area (Å²) >= 11 is 10.8. The number of ether oxygens (including phenoxy) is 6. The van der Waals surface area contributed by atoms with Crippen LogP contribution in [0.5, 0.6) is 5.75 Å². The number of amides is 2. The zero-order valence-electron chi connectivity index (χ0n) is 27.6. The number of hydrogen-bond donors (Lipinski definition) is 3. The van der Waals surface area contributed by atoms with E-state index in [0.29, 0.717) is 30.2 Å². The van der Waals surface area contributed by atoms with Gasteiger partial charge in [0.1, 0.15) is 34.7 Å². The first-order valence-electron chi connectivity index (χ1n) is 15.5. The van der Waals surface area contributed by atoms with E-state index >= 15 is 0 Å². The lowest BCUT2D eigenvalue weighted by Crippen LogP contribution is -2.63. The van der Waals surface area contributed by atoms with Crippen LogP contribution in [0.4, 0.5) is 10.5 Å². The topological polar surface area (TPSA) is 145 Å². The van der Waals surface area contributed by atoms with Gasteiger partial charge in [0.05, 0.1) is 45.0 Å². The molecule has 0 aromatic heterocycles. The van der Waals surface area contributed by atoms with Crippen LogP contribution in [0.2, 0.25) is 5.02 Å². The molecule has 0 saturated carbocycles. The van der Waals surface area contributed by atoms with Crippen LogP contribution < -0.4 is 15.0 Å². The van der Waals surface area contributed by atoms with Crippen LogP contribution in [0.1, 0.15) is 45.6 Å². The summed E-state index contributed by atoms with van der Waals surface area (Å²) in [5.41, 5.74) is -0.689. The minimum atomic E-state index is -1.79. The first-order valence-corrected chi connectivity index (χ1v) is 16.5. The molecule has 4 rings (SSSR count). The van der Waals surface area contributed by atoms with Crippen molar-refractivity contribution in [3.63, 3.8) is 0 Å². The fraction of sp³-hybridized carbons (Fsp3) is 0.606. The maximum atomic E-state index is 13.9. The van der Waals surface area contributed by atoms with Crippen molar-refractivity contribution in [1.82, 2.24) is 5.32 Å². The predicted molar refractivity (Wildman–Crippen MR) is 178 cm³/mol. The molecule has 1 aromatic rings. The number of nitrogens with one attached hydrogen (secondary N) is 1. The second-order valence-corrected chi connectivity index (χ2v) is 13.2. The Hall–Kier alpha value is -2.81. The van der Waals surface area contributed by atoms with E-state index in [0.717, 1.165) is 11.1 Å². The summed E-state index contributed by atoms with van der Waals surface area (Å²) in [5, 5.41) is 14.4. The molecule has 2 saturated heterocycles. The number of alkyl carbamates (subject to hydrolysis) is 1. The number of rotatable bonds is 8. The number of anilines is 1. The third-order valence-electron chi connectivity index (χ3n) is 8.91.